The summed E-state index contributed by atoms with van der Waals surface area (Å²) in [6.45, 7) is 13.7. The van der Waals surface area contributed by atoms with Gasteiger partial charge in [0.25, 0.3) is 0 Å². The van der Waals surface area contributed by atoms with Crippen LogP contribution in [0.1, 0.15) is 11.3 Å². The second-order valence-electron chi connectivity index (χ2n) is 6.67. The van der Waals surface area contributed by atoms with Gasteiger partial charge in [-0.25, -0.2) is 0 Å². The van der Waals surface area contributed by atoms with E-state index < -0.39 is 16.1 Å². The molecule has 3 heteroatoms. The maximum Gasteiger partial charge on any atom is 0.129 e. The van der Waals surface area contributed by atoms with Crippen LogP contribution in [0.5, 0.6) is 0 Å². The summed E-state index contributed by atoms with van der Waals surface area (Å²) in [5.74, 6) is 3.22. The van der Waals surface area contributed by atoms with E-state index in [-0.39, 0.29) is 0 Å². The first-order valence-electron chi connectivity index (χ1n) is 6.34. The van der Waals surface area contributed by atoms with Crippen molar-refractivity contribution in [3.8, 4) is 11.5 Å². The molecule has 0 aliphatic carbocycles. The largest absolute Gasteiger partial charge is 0.256 e. The molecule has 0 N–H and O–H groups in total. The Morgan fingerprint density at radius 1 is 1.06 bits per heavy atom. The normalized spacial score (nSPS) is 12.3. The Labute approximate surface area is 113 Å². The summed E-state index contributed by atoms with van der Waals surface area (Å²) in [6.07, 6.45) is 4.00. The summed E-state index contributed by atoms with van der Waals surface area (Å²) in [5.41, 5.74) is 7.70. The van der Waals surface area contributed by atoms with E-state index in [1.807, 2.05) is 12.3 Å². The molecule has 1 heterocycles. The molecule has 0 spiro atoms. The lowest BCUT2D eigenvalue weighted by Gasteiger charge is -2.07. The zero-order valence-corrected chi connectivity index (χ0v) is 14.3. The van der Waals surface area contributed by atoms with E-state index in [0.29, 0.717) is 0 Å². The highest BCUT2D eigenvalue weighted by Gasteiger charge is 2.08. The molecule has 18 heavy (non-hydrogen) atoms. The van der Waals surface area contributed by atoms with Crippen molar-refractivity contribution in [1.82, 2.24) is 4.98 Å². The van der Waals surface area contributed by atoms with Gasteiger partial charge in [-0.15, -0.1) is 5.54 Å². The third-order valence-corrected chi connectivity index (χ3v) is 4.16. The number of hydrogen-bond acceptors (Lipinski definition) is 1. The second-order valence-corrected chi connectivity index (χ2v) is 16.5. The van der Waals surface area contributed by atoms with Crippen molar-refractivity contribution in [1.29, 1.82) is 0 Å². The van der Waals surface area contributed by atoms with Gasteiger partial charge in [-0.1, -0.05) is 50.9 Å². The molecule has 0 saturated heterocycles. The molecule has 0 saturated carbocycles. The van der Waals surface area contributed by atoms with Crippen molar-refractivity contribution in [2.45, 2.75) is 39.3 Å². The van der Waals surface area contributed by atoms with E-state index in [2.05, 4.69) is 73.6 Å². The molecular weight excluding hydrogens is 250 g/mol. The first-order chi connectivity index (χ1) is 8.16. The Balaban J connectivity index is 2.80. The van der Waals surface area contributed by atoms with E-state index in [1.165, 1.54) is 0 Å². The molecule has 0 amide bonds. The van der Waals surface area contributed by atoms with Crippen molar-refractivity contribution in [3.63, 3.8) is 0 Å². The molecule has 96 valence electrons. The standard InChI is InChI=1S/C15H23NSi2/c1-17(2,3)11-9-14-7-8-15(16-13-14)10-12-18(4,5)6/h7-8,10,12-13H,1-6H3. The van der Waals surface area contributed by atoms with Crippen LogP contribution >= 0.6 is 0 Å². The van der Waals surface area contributed by atoms with Gasteiger partial charge in [0.2, 0.25) is 0 Å². The van der Waals surface area contributed by atoms with Gasteiger partial charge in [0, 0.05) is 11.8 Å². The topological polar surface area (TPSA) is 12.9 Å². The molecule has 0 aliphatic heterocycles. The molecule has 0 radical (unpaired) electrons. The van der Waals surface area contributed by atoms with Crippen LogP contribution in [0, 0.1) is 11.5 Å². The molecule has 0 bridgehead atoms. The van der Waals surface area contributed by atoms with E-state index in [9.17, 15) is 0 Å². The third kappa shape index (κ3) is 6.58. The molecule has 1 rings (SSSR count). The highest BCUT2D eigenvalue weighted by atomic mass is 28.3. The Kier molecular flexibility index (Phi) is 4.72. The summed E-state index contributed by atoms with van der Waals surface area (Å²) < 4.78 is 0. The lowest BCUT2D eigenvalue weighted by molar-refractivity contribution is 1.28. The van der Waals surface area contributed by atoms with Gasteiger partial charge in [-0.3, -0.25) is 4.98 Å². The lowest BCUT2D eigenvalue weighted by atomic mass is 10.2. The van der Waals surface area contributed by atoms with E-state index >= 15 is 0 Å². The highest BCUT2D eigenvalue weighted by molar-refractivity contribution is 6.84. The molecule has 0 aliphatic rings. The number of hydrogen-bond donors (Lipinski definition) is 0. The summed E-state index contributed by atoms with van der Waals surface area (Å²) >= 11 is 0. The van der Waals surface area contributed by atoms with Crippen LogP contribution in [0.25, 0.3) is 6.08 Å². The van der Waals surface area contributed by atoms with Gasteiger partial charge >= 0.3 is 0 Å². The van der Waals surface area contributed by atoms with Gasteiger partial charge in [0.05, 0.1) is 13.8 Å². The van der Waals surface area contributed by atoms with Crippen molar-refractivity contribution in [2.75, 3.05) is 0 Å². The van der Waals surface area contributed by atoms with Crippen molar-refractivity contribution in [3.05, 3.63) is 35.3 Å². The summed E-state index contributed by atoms with van der Waals surface area (Å²) in [4.78, 5) is 4.43. The minimum absolute atomic E-state index is 1.02. The number of pyridine rings is 1. The smallest absolute Gasteiger partial charge is 0.129 e. The Morgan fingerprint density at radius 2 is 1.72 bits per heavy atom. The summed E-state index contributed by atoms with van der Waals surface area (Å²) in [7, 11) is -2.43. The number of nitrogens with zero attached hydrogens (tertiary/aromatic N) is 1. The van der Waals surface area contributed by atoms with Gasteiger partial charge in [-0.05, 0) is 18.2 Å². The maximum absolute atomic E-state index is 4.43. The van der Waals surface area contributed by atoms with Crippen LogP contribution in [-0.4, -0.2) is 21.1 Å². The van der Waals surface area contributed by atoms with Crippen LogP contribution < -0.4 is 0 Å². The molecule has 1 nitrogen and oxygen atoms in total. The SMILES string of the molecule is C[Si](C)(C)C#Cc1ccc(C=C[Si](C)(C)C)nc1. The lowest BCUT2D eigenvalue weighted by Crippen LogP contribution is -2.16. The predicted octanol–water partition coefficient (Wildman–Crippen LogP) is 4.20. The van der Waals surface area contributed by atoms with Crippen molar-refractivity contribution < 1.29 is 0 Å². The highest BCUT2D eigenvalue weighted by Crippen LogP contribution is 2.07. The van der Waals surface area contributed by atoms with Crippen LogP contribution in [0.4, 0.5) is 0 Å². The van der Waals surface area contributed by atoms with Crippen LogP contribution in [0.15, 0.2) is 24.0 Å². The quantitative estimate of drug-likeness (QED) is 0.581. The number of aromatic nitrogens is 1. The van der Waals surface area contributed by atoms with Gasteiger partial charge in [0.15, 0.2) is 0 Å². The zero-order valence-electron chi connectivity index (χ0n) is 12.3. The molecule has 0 unspecified atom stereocenters. The van der Waals surface area contributed by atoms with E-state index in [0.717, 1.165) is 11.3 Å². The maximum atomic E-state index is 4.43. The summed E-state index contributed by atoms with van der Waals surface area (Å²) in [6, 6.07) is 4.11. The summed E-state index contributed by atoms with van der Waals surface area (Å²) in [5, 5.41) is 0. The first-order valence-corrected chi connectivity index (χ1v) is 13.4. The molecule has 1 aromatic rings. The van der Waals surface area contributed by atoms with Crippen LogP contribution in [0.2, 0.25) is 39.3 Å². The Morgan fingerprint density at radius 3 is 2.17 bits per heavy atom. The average Bonchev–Trinajstić information content (AvgIpc) is 2.23. The van der Waals surface area contributed by atoms with Crippen LogP contribution in [-0.2, 0) is 0 Å². The molecule has 1 aromatic heterocycles. The Hall–Kier alpha value is -1.12. The molecular formula is C15H23NSi2. The molecule has 0 atom stereocenters. The third-order valence-electron chi connectivity index (χ3n) is 2.12. The van der Waals surface area contributed by atoms with Crippen molar-refractivity contribution >= 4 is 22.2 Å². The van der Waals surface area contributed by atoms with Gasteiger partial charge in [-0.2, -0.15) is 0 Å². The second kappa shape index (κ2) is 5.68. The minimum atomic E-state index is -1.29. The fraction of sp³-hybridized carbons (Fsp3) is 0.400. The fourth-order valence-corrected chi connectivity index (χ4v) is 2.36. The molecule has 0 fully saturated rings. The van der Waals surface area contributed by atoms with E-state index in [4.69, 9.17) is 0 Å². The first kappa shape index (κ1) is 14.9. The average molecular weight is 274 g/mol. The van der Waals surface area contributed by atoms with E-state index in [1.54, 1.807) is 0 Å². The molecule has 0 aromatic carbocycles. The van der Waals surface area contributed by atoms with Gasteiger partial charge < -0.3 is 0 Å². The monoisotopic (exact) mass is 273 g/mol. The minimum Gasteiger partial charge on any atom is -0.256 e. The number of rotatable bonds is 2. The fourth-order valence-electron chi connectivity index (χ4n) is 1.17. The van der Waals surface area contributed by atoms with Gasteiger partial charge in [0.1, 0.15) is 8.07 Å². The van der Waals surface area contributed by atoms with Crippen LogP contribution in [0.3, 0.4) is 0 Å². The Bertz CT molecular complexity index is 476. The predicted molar refractivity (Wildman–Crippen MR) is 86.8 cm³/mol. The zero-order chi connectivity index (χ0) is 13.8. The van der Waals surface area contributed by atoms with Crippen molar-refractivity contribution in [2.24, 2.45) is 0 Å².